The number of hydrogen-bond donors (Lipinski definition) is 1. The number of non-ortho nitro benzene ring substituents is 1. The summed E-state index contributed by atoms with van der Waals surface area (Å²) in [5.74, 6) is -2.51. The molecule has 0 fully saturated rings. The molecule has 0 heterocycles. The Hall–Kier alpha value is -6.11. The highest BCUT2D eigenvalue weighted by atomic mass is 16.6. The van der Waals surface area contributed by atoms with E-state index in [1.807, 2.05) is 0 Å². The average Bonchev–Trinajstić information content (AvgIpc) is 3.04. The molecule has 0 atom stereocenters. The van der Waals surface area contributed by atoms with E-state index >= 15 is 0 Å². The molecule has 1 amide bonds. The third-order valence-electron chi connectivity index (χ3n) is 5.85. The van der Waals surface area contributed by atoms with Crippen LogP contribution in [-0.4, -0.2) is 56.8 Å². The van der Waals surface area contributed by atoms with Gasteiger partial charge in [0.15, 0.2) is 23.0 Å². The fourth-order valence-corrected chi connectivity index (χ4v) is 3.87. The van der Waals surface area contributed by atoms with E-state index in [9.17, 15) is 24.5 Å². The first-order chi connectivity index (χ1) is 21.7. The number of ether oxygens (including phenoxy) is 6. The van der Waals surface area contributed by atoms with Crippen molar-refractivity contribution in [3.63, 3.8) is 0 Å². The van der Waals surface area contributed by atoms with Gasteiger partial charge in [0, 0.05) is 17.7 Å². The van der Waals surface area contributed by atoms with Gasteiger partial charge < -0.3 is 33.7 Å². The molecule has 0 saturated carbocycles. The molecule has 0 aliphatic carbocycles. The number of nitrogens with one attached hydrogen (secondary N) is 1. The summed E-state index contributed by atoms with van der Waals surface area (Å²) < 4.78 is 33.2. The number of hydrogen-bond acceptors (Lipinski definition) is 11. The van der Waals surface area contributed by atoms with Gasteiger partial charge in [-0.2, -0.15) is 0 Å². The van der Waals surface area contributed by atoms with E-state index in [2.05, 4.69) is 25.1 Å². The van der Waals surface area contributed by atoms with Gasteiger partial charge in [-0.25, -0.2) is 9.59 Å². The molecule has 234 valence electrons. The monoisotopic (exact) mass is 618 g/mol. The van der Waals surface area contributed by atoms with E-state index in [-0.39, 0.29) is 76.6 Å². The Kier molecular flexibility index (Phi) is 11.8. The summed E-state index contributed by atoms with van der Waals surface area (Å²) in [5.41, 5.74) is 0.0206. The lowest BCUT2D eigenvalue weighted by molar-refractivity contribution is -0.384. The second kappa shape index (κ2) is 15.9. The third kappa shape index (κ3) is 8.04. The highest BCUT2D eigenvalue weighted by molar-refractivity contribution is 6.06. The zero-order valence-corrected chi connectivity index (χ0v) is 24.5. The number of nitro groups is 1. The fraction of sp³-hybridized carbons (Fsp3) is 0.156. The third-order valence-corrected chi connectivity index (χ3v) is 5.85. The number of carbonyl (C=O) groups is 3. The van der Waals surface area contributed by atoms with Gasteiger partial charge in [0.1, 0.15) is 30.9 Å². The van der Waals surface area contributed by atoms with Gasteiger partial charge in [-0.15, -0.1) is 0 Å². The maximum atomic E-state index is 13.5. The number of rotatable bonds is 16. The van der Waals surface area contributed by atoms with E-state index in [0.717, 1.165) is 0 Å². The number of carbonyl (C=O) groups excluding carboxylic acids is 3. The Morgan fingerprint density at radius 3 is 1.87 bits per heavy atom. The SMILES string of the molecule is C=CCOC(=O)c1ccc(OC(=O)c2ccc(NC(=O)c3ccc([N+](=O)[O-])cc3)c(OC)c2OCC=C)c(OC)c1OCC=C. The zero-order chi connectivity index (χ0) is 32.9. The second-order valence-electron chi connectivity index (χ2n) is 8.73. The first kappa shape index (κ1) is 33.4. The molecule has 0 aromatic heterocycles. The maximum Gasteiger partial charge on any atom is 0.347 e. The smallest absolute Gasteiger partial charge is 0.347 e. The number of nitro benzene ring substituents is 1. The van der Waals surface area contributed by atoms with Crippen LogP contribution in [-0.2, 0) is 4.74 Å². The first-order valence-electron chi connectivity index (χ1n) is 13.2. The van der Waals surface area contributed by atoms with Crippen LogP contribution in [0, 0.1) is 10.1 Å². The van der Waals surface area contributed by atoms with Gasteiger partial charge in [0.25, 0.3) is 11.6 Å². The number of benzene rings is 3. The molecule has 0 spiro atoms. The predicted octanol–water partition coefficient (Wildman–Crippen LogP) is 5.56. The summed E-state index contributed by atoms with van der Waals surface area (Å²) in [6.07, 6.45) is 4.30. The van der Waals surface area contributed by atoms with Crippen molar-refractivity contribution in [2.75, 3.05) is 39.4 Å². The lowest BCUT2D eigenvalue weighted by atomic mass is 10.1. The average molecular weight is 619 g/mol. The van der Waals surface area contributed by atoms with Crippen molar-refractivity contribution >= 4 is 29.2 Å². The Bertz CT molecular complexity index is 1610. The molecule has 45 heavy (non-hydrogen) atoms. The molecular formula is C32H30N2O11. The Labute approximate surface area is 258 Å². The van der Waals surface area contributed by atoms with E-state index in [4.69, 9.17) is 28.4 Å². The molecule has 0 aliphatic rings. The lowest BCUT2D eigenvalue weighted by Crippen LogP contribution is -2.16. The minimum Gasteiger partial charge on any atom is -0.491 e. The summed E-state index contributed by atoms with van der Waals surface area (Å²) in [4.78, 5) is 49.4. The van der Waals surface area contributed by atoms with Crippen molar-refractivity contribution in [2.24, 2.45) is 0 Å². The summed E-state index contributed by atoms with van der Waals surface area (Å²) in [7, 11) is 2.61. The molecule has 3 rings (SSSR count). The van der Waals surface area contributed by atoms with Crippen LogP contribution in [0.5, 0.6) is 28.7 Å². The number of nitrogens with zero attached hydrogens (tertiary/aromatic N) is 1. The predicted molar refractivity (Wildman–Crippen MR) is 164 cm³/mol. The normalized spacial score (nSPS) is 10.1. The van der Waals surface area contributed by atoms with Crippen LogP contribution >= 0.6 is 0 Å². The molecule has 3 aromatic carbocycles. The van der Waals surface area contributed by atoms with E-state index in [0.29, 0.717) is 0 Å². The van der Waals surface area contributed by atoms with Crippen molar-refractivity contribution in [3.05, 3.63) is 113 Å². The van der Waals surface area contributed by atoms with Crippen LogP contribution in [0.1, 0.15) is 31.1 Å². The van der Waals surface area contributed by atoms with Crippen LogP contribution < -0.4 is 29.0 Å². The van der Waals surface area contributed by atoms with Crippen molar-refractivity contribution < 1.29 is 47.7 Å². The molecule has 0 radical (unpaired) electrons. The molecule has 3 aromatic rings. The largest absolute Gasteiger partial charge is 0.491 e. The standard InChI is InChI=1S/C32H30N2O11/c1-6-17-42-26-23(13-15-24(28(26)40-4)33-30(35)20-9-11-21(12-10-20)34(38)39)32(37)45-25-16-14-22(31(36)44-19-8-3)27(29(25)41-5)43-18-7-2/h6-16H,1-3,17-19H2,4-5H3,(H,33,35). The first-order valence-corrected chi connectivity index (χ1v) is 13.2. The highest BCUT2D eigenvalue weighted by Gasteiger charge is 2.27. The van der Waals surface area contributed by atoms with Crippen LogP contribution in [0.25, 0.3) is 0 Å². The molecule has 13 heteroatoms. The molecule has 0 unspecified atom stereocenters. The highest BCUT2D eigenvalue weighted by Crippen LogP contribution is 2.43. The van der Waals surface area contributed by atoms with Crippen molar-refractivity contribution in [1.82, 2.24) is 0 Å². The Balaban J connectivity index is 2.00. The minimum atomic E-state index is -0.907. The molecule has 0 aliphatic heterocycles. The Morgan fingerprint density at radius 2 is 1.31 bits per heavy atom. The topological polar surface area (TPSA) is 162 Å². The van der Waals surface area contributed by atoms with Crippen LogP contribution in [0.15, 0.2) is 86.5 Å². The number of methoxy groups -OCH3 is 2. The summed E-state index contributed by atoms with van der Waals surface area (Å²) in [6.45, 7) is 10.7. The summed E-state index contributed by atoms with van der Waals surface area (Å²) in [6, 6.07) is 10.4. The van der Waals surface area contributed by atoms with Crippen LogP contribution in [0.4, 0.5) is 11.4 Å². The van der Waals surface area contributed by atoms with Crippen molar-refractivity contribution in [1.29, 1.82) is 0 Å². The quantitative estimate of drug-likeness (QED) is 0.0704. The minimum absolute atomic E-state index is 0.000700. The van der Waals surface area contributed by atoms with Gasteiger partial charge in [-0.3, -0.25) is 14.9 Å². The fourth-order valence-electron chi connectivity index (χ4n) is 3.87. The van der Waals surface area contributed by atoms with Crippen LogP contribution in [0.2, 0.25) is 0 Å². The van der Waals surface area contributed by atoms with E-state index in [1.165, 1.54) is 81.0 Å². The van der Waals surface area contributed by atoms with Gasteiger partial charge in [-0.1, -0.05) is 38.0 Å². The molecule has 0 saturated heterocycles. The molecule has 1 N–H and O–H groups in total. The van der Waals surface area contributed by atoms with Crippen molar-refractivity contribution in [2.45, 2.75) is 0 Å². The zero-order valence-electron chi connectivity index (χ0n) is 24.5. The number of anilines is 1. The number of esters is 2. The maximum absolute atomic E-state index is 13.5. The van der Waals surface area contributed by atoms with Crippen molar-refractivity contribution in [3.8, 4) is 28.7 Å². The molecule has 0 bridgehead atoms. The van der Waals surface area contributed by atoms with Gasteiger partial charge in [0.05, 0.1) is 24.8 Å². The summed E-state index contributed by atoms with van der Waals surface area (Å²) in [5, 5.41) is 13.6. The second-order valence-corrected chi connectivity index (χ2v) is 8.73. The Morgan fingerprint density at radius 1 is 0.756 bits per heavy atom. The van der Waals surface area contributed by atoms with Crippen LogP contribution in [0.3, 0.4) is 0 Å². The molecular weight excluding hydrogens is 588 g/mol. The number of amides is 1. The van der Waals surface area contributed by atoms with E-state index < -0.39 is 22.8 Å². The van der Waals surface area contributed by atoms with E-state index in [1.54, 1.807) is 0 Å². The van der Waals surface area contributed by atoms with Gasteiger partial charge in [0.2, 0.25) is 5.75 Å². The lowest BCUT2D eigenvalue weighted by Gasteiger charge is -2.19. The van der Waals surface area contributed by atoms with Gasteiger partial charge in [-0.05, 0) is 36.4 Å². The van der Waals surface area contributed by atoms with Gasteiger partial charge >= 0.3 is 11.9 Å². The molecule has 13 nitrogen and oxygen atoms in total. The summed E-state index contributed by atoms with van der Waals surface area (Å²) >= 11 is 0.